The summed E-state index contributed by atoms with van der Waals surface area (Å²) in [6.45, 7) is 10.1. The third kappa shape index (κ3) is 4.44. The normalized spacial score (nSPS) is 16.1. The number of hydrogen-bond donors (Lipinski definition) is 3. The summed E-state index contributed by atoms with van der Waals surface area (Å²) in [4.78, 5) is 21.4. The quantitative estimate of drug-likeness (QED) is 0.392. The van der Waals surface area contributed by atoms with E-state index >= 15 is 0 Å². The number of piperidine rings is 1. The van der Waals surface area contributed by atoms with Gasteiger partial charge in [-0.05, 0) is 80.9 Å². The summed E-state index contributed by atoms with van der Waals surface area (Å²) in [5.41, 5.74) is 11.4. The Labute approximate surface area is 205 Å². The zero-order valence-electron chi connectivity index (χ0n) is 20.9. The molecule has 1 aliphatic rings. The second kappa shape index (κ2) is 8.77. The lowest BCUT2D eigenvalue weighted by Gasteiger charge is -2.31. The van der Waals surface area contributed by atoms with Gasteiger partial charge in [0.25, 0.3) is 0 Å². The van der Waals surface area contributed by atoms with E-state index in [1.54, 1.807) is 18.4 Å². The molecule has 1 fully saturated rings. The van der Waals surface area contributed by atoms with Gasteiger partial charge in [0.1, 0.15) is 6.33 Å². The van der Waals surface area contributed by atoms with Crippen molar-refractivity contribution in [2.24, 2.45) is 5.73 Å². The van der Waals surface area contributed by atoms with Crippen molar-refractivity contribution in [1.82, 2.24) is 24.5 Å². The molecule has 5 rings (SSSR count). The molecule has 35 heavy (non-hydrogen) atoms. The molecule has 1 aliphatic heterocycles. The molecule has 0 spiro atoms. The lowest BCUT2D eigenvalue weighted by atomic mass is 9.87. The van der Waals surface area contributed by atoms with Crippen molar-refractivity contribution in [2.75, 3.05) is 19.6 Å². The molecule has 0 atom stereocenters. The summed E-state index contributed by atoms with van der Waals surface area (Å²) in [5.74, 6) is 0.502. The Morgan fingerprint density at radius 2 is 2.00 bits per heavy atom. The van der Waals surface area contributed by atoms with Crippen LogP contribution in [0.4, 0.5) is 0 Å². The van der Waals surface area contributed by atoms with Gasteiger partial charge in [-0.15, -0.1) is 0 Å². The van der Waals surface area contributed by atoms with Gasteiger partial charge < -0.3 is 15.8 Å². The molecule has 0 saturated carbocycles. The fourth-order valence-electron chi connectivity index (χ4n) is 5.47. The standard InChI is InChI=1S/C27H34N6O2/c1-16(2)24-20-11-18(17-7-9-32(10-8-17)14-23(28)34)5-6-22(20)31-25(24)19-12-21(27(3,4)35)26-29-15-30-33(26)13-19/h5-6,11-13,15-17,31,35H,7-10,14H2,1-4H3,(H2,28,34). The minimum atomic E-state index is -1.05. The average Bonchev–Trinajstić information content (AvgIpc) is 3.41. The van der Waals surface area contributed by atoms with Gasteiger partial charge >= 0.3 is 0 Å². The molecular formula is C27H34N6O2. The third-order valence-corrected chi connectivity index (χ3v) is 7.20. The molecule has 4 N–H and O–H groups in total. The smallest absolute Gasteiger partial charge is 0.231 e. The molecule has 0 bridgehead atoms. The molecule has 8 nitrogen and oxygen atoms in total. The minimum Gasteiger partial charge on any atom is -0.386 e. The number of likely N-dealkylation sites (tertiary alicyclic amines) is 1. The second-order valence-electron chi connectivity index (χ2n) is 10.6. The Bertz CT molecular complexity index is 1390. The summed E-state index contributed by atoms with van der Waals surface area (Å²) in [5, 5.41) is 16.4. The first-order chi connectivity index (χ1) is 16.6. The maximum Gasteiger partial charge on any atom is 0.231 e. The van der Waals surface area contributed by atoms with Crippen molar-refractivity contribution in [1.29, 1.82) is 0 Å². The highest BCUT2D eigenvalue weighted by atomic mass is 16.3. The summed E-state index contributed by atoms with van der Waals surface area (Å²) < 4.78 is 1.74. The highest BCUT2D eigenvalue weighted by Crippen LogP contribution is 2.39. The molecule has 0 radical (unpaired) electrons. The summed E-state index contributed by atoms with van der Waals surface area (Å²) >= 11 is 0. The number of primary amides is 1. The van der Waals surface area contributed by atoms with Crippen molar-refractivity contribution in [3.05, 3.63) is 53.5 Å². The number of carbonyl (C=O) groups excluding carboxylic acids is 1. The van der Waals surface area contributed by atoms with Crippen LogP contribution < -0.4 is 5.73 Å². The monoisotopic (exact) mass is 474 g/mol. The van der Waals surface area contributed by atoms with Crippen LogP contribution >= 0.6 is 0 Å². The van der Waals surface area contributed by atoms with E-state index in [2.05, 4.69) is 52.0 Å². The zero-order chi connectivity index (χ0) is 24.9. The maximum absolute atomic E-state index is 11.3. The van der Waals surface area contributed by atoms with E-state index in [0.717, 1.165) is 48.3 Å². The number of benzene rings is 1. The third-order valence-electron chi connectivity index (χ3n) is 7.20. The van der Waals surface area contributed by atoms with E-state index < -0.39 is 5.60 Å². The number of hydrogen-bond acceptors (Lipinski definition) is 5. The van der Waals surface area contributed by atoms with Gasteiger partial charge in [0.15, 0.2) is 5.65 Å². The summed E-state index contributed by atoms with van der Waals surface area (Å²) in [6.07, 6.45) is 5.53. The van der Waals surface area contributed by atoms with Gasteiger partial charge in [-0.3, -0.25) is 9.69 Å². The fraction of sp³-hybridized carbons (Fsp3) is 0.444. The Hall–Kier alpha value is -3.23. The number of nitrogens with zero attached hydrogens (tertiary/aromatic N) is 4. The fourth-order valence-corrected chi connectivity index (χ4v) is 5.47. The molecule has 3 aromatic heterocycles. The number of nitrogens with one attached hydrogen (secondary N) is 1. The van der Waals surface area contributed by atoms with Gasteiger partial charge in [-0.2, -0.15) is 5.10 Å². The highest BCUT2D eigenvalue weighted by Gasteiger charge is 2.26. The number of rotatable bonds is 6. The Kier molecular flexibility index (Phi) is 5.89. The van der Waals surface area contributed by atoms with Gasteiger partial charge in [0, 0.05) is 28.2 Å². The highest BCUT2D eigenvalue weighted by molar-refractivity contribution is 5.92. The first-order valence-corrected chi connectivity index (χ1v) is 12.3. The molecule has 8 heteroatoms. The molecule has 1 saturated heterocycles. The lowest BCUT2D eigenvalue weighted by molar-refractivity contribution is -0.119. The van der Waals surface area contributed by atoms with E-state index in [1.807, 2.05) is 12.3 Å². The SMILES string of the molecule is CC(C)c1c(-c2cc(C(C)(C)O)c3ncnn3c2)[nH]c2ccc(C3CCN(CC(N)=O)CC3)cc12. The van der Waals surface area contributed by atoms with E-state index in [-0.39, 0.29) is 5.91 Å². The van der Waals surface area contributed by atoms with Crippen LogP contribution in [0.3, 0.4) is 0 Å². The number of pyridine rings is 1. The number of nitrogens with two attached hydrogens (primary N) is 1. The second-order valence-corrected chi connectivity index (χ2v) is 10.6. The number of aromatic amines is 1. The summed E-state index contributed by atoms with van der Waals surface area (Å²) in [7, 11) is 0. The first-order valence-electron chi connectivity index (χ1n) is 12.3. The average molecular weight is 475 g/mol. The largest absolute Gasteiger partial charge is 0.386 e. The number of amides is 1. The van der Waals surface area contributed by atoms with Crippen LogP contribution in [0.15, 0.2) is 36.8 Å². The van der Waals surface area contributed by atoms with Crippen molar-refractivity contribution in [3.8, 4) is 11.3 Å². The molecule has 0 unspecified atom stereocenters. The van der Waals surface area contributed by atoms with Crippen LogP contribution in [0, 0.1) is 0 Å². The van der Waals surface area contributed by atoms with Crippen LogP contribution in [0.1, 0.15) is 69.1 Å². The first kappa shape index (κ1) is 23.5. The van der Waals surface area contributed by atoms with Crippen molar-refractivity contribution in [3.63, 3.8) is 0 Å². The molecule has 4 aromatic rings. The van der Waals surface area contributed by atoms with Gasteiger partial charge in [-0.25, -0.2) is 9.50 Å². The van der Waals surface area contributed by atoms with Gasteiger partial charge in [0.05, 0.1) is 17.8 Å². The van der Waals surface area contributed by atoms with Crippen LogP contribution in [0.5, 0.6) is 0 Å². The molecule has 184 valence electrons. The van der Waals surface area contributed by atoms with Crippen molar-refractivity contribution in [2.45, 2.75) is 58.0 Å². The van der Waals surface area contributed by atoms with Crippen LogP contribution in [0.25, 0.3) is 27.8 Å². The van der Waals surface area contributed by atoms with Crippen LogP contribution in [0.2, 0.25) is 0 Å². The van der Waals surface area contributed by atoms with Gasteiger partial charge in [-0.1, -0.05) is 19.9 Å². The predicted octanol–water partition coefficient (Wildman–Crippen LogP) is 3.89. The predicted molar refractivity (Wildman–Crippen MR) is 137 cm³/mol. The number of fused-ring (bicyclic) bond motifs is 2. The summed E-state index contributed by atoms with van der Waals surface area (Å²) in [6, 6.07) is 8.77. The van der Waals surface area contributed by atoms with Gasteiger partial charge in [0.2, 0.25) is 5.91 Å². The van der Waals surface area contributed by atoms with Crippen molar-refractivity contribution < 1.29 is 9.90 Å². The number of aliphatic hydroxyl groups is 1. The topological polar surface area (TPSA) is 113 Å². The maximum atomic E-state index is 11.3. The Balaban J connectivity index is 1.56. The number of H-pyrrole nitrogens is 1. The minimum absolute atomic E-state index is 0.261. The molecule has 1 aromatic carbocycles. The van der Waals surface area contributed by atoms with E-state index in [0.29, 0.717) is 24.0 Å². The molecule has 0 aliphatic carbocycles. The lowest BCUT2D eigenvalue weighted by Crippen LogP contribution is -2.39. The van der Waals surface area contributed by atoms with E-state index in [9.17, 15) is 9.90 Å². The zero-order valence-corrected chi connectivity index (χ0v) is 20.9. The van der Waals surface area contributed by atoms with Crippen LogP contribution in [-0.2, 0) is 10.4 Å². The molecule has 1 amide bonds. The molecular weight excluding hydrogens is 440 g/mol. The Morgan fingerprint density at radius 1 is 1.26 bits per heavy atom. The number of aromatic nitrogens is 4. The number of carbonyl (C=O) groups is 1. The van der Waals surface area contributed by atoms with E-state index in [1.165, 1.54) is 22.8 Å². The van der Waals surface area contributed by atoms with E-state index in [4.69, 9.17) is 5.73 Å². The van der Waals surface area contributed by atoms with Crippen molar-refractivity contribution >= 4 is 22.5 Å². The Morgan fingerprint density at radius 3 is 2.66 bits per heavy atom. The van der Waals surface area contributed by atoms with Crippen LogP contribution in [-0.4, -0.2) is 55.1 Å². The molecule has 4 heterocycles.